The van der Waals surface area contributed by atoms with Crippen LogP contribution >= 0.6 is 0 Å². The van der Waals surface area contributed by atoms with Crippen molar-refractivity contribution in [1.29, 1.82) is 0 Å². The molecule has 11 nitrogen and oxygen atoms in total. The summed E-state index contributed by atoms with van der Waals surface area (Å²) in [5, 5.41) is 30.5. The van der Waals surface area contributed by atoms with Crippen LogP contribution in [0.3, 0.4) is 0 Å². The van der Waals surface area contributed by atoms with Crippen molar-refractivity contribution in [2.75, 3.05) is 4.72 Å². The second kappa shape index (κ2) is 8.67. The van der Waals surface area contributed by atoms with Gasteiger partial charge in [0.05, 0.1) is 21.2 Å². The Bertz CT molecular complexity index is 1240. The van der Waals surface area contributed by atoms with E-state index in [1.54, 1.807) is 12.1 Å². The maximum Gasteiger partial charge on any atom is 0.280 e. The lowest BCUT2D eigenvalue weighted by molar-refractivity contribution is -0.395. The minimum Gasteiger partial charge on any atom is -0.280 e. The van der Waals surface area contributed by atoms with Crippen molar-refractivity contribution in [1.82, 2.24) is 0 Å². The van der Waals surface area contributed by atoms with Crippen molar-refractivity contribution in [2.45, 2.75) is 11.8 Å². The molecule has 31 heavy (non-hydrogen) atoms. The Hall–Kier alpha value is -4.19. The zero-order valence-electron chi connectivity index (χ0n) is 16.0. The van der Waals surface area contributed by atoms with Crippen molar-refractivity contribution in [3.8, 4) is 0 Å². The predicted molar refractivity (Wildman–Crippen MR) is 112 cm³/mol. The molecule has 12 heteroatoms. The van der Waals surface area contributed by atoms with Crippen molar-refractivity contribution < 1.29 is 18.3 Å². The minimum absolute atomic E-state index is 0.143. The van der Waals surface area contributed by atoms with E-state index >= 15 is 0 Å². The van der Waals surface area contributed by atoms with Gasteiger partial charge in [-0.05, 0) is 43.3 Å². The van der Waals surface area contributed by atoms with Crippen LogP contribution in [0.2, 0.25) is 0 Å². The van der Waals surface area contributed by atoms with Gasteiger partial charge in [0, 0.05) is 17.8 Å². The van der Waals surface area contributed by atoms with Gasteiger partial charge in [0.25, 0.3) is 21.4 Å². The van der Waals surface area contributed by atoms with Gasteiger partial charge in [-0.15, -0.1) is 0 Å². The summed E-state index contributed by atoms with van der Waals surface area (Å²) in [4.78, 5) is 20.0. The Morgan fingerprint density at radius 3 is 1.77 bits per heavy atom. The van der Waals surface area contributed by atoms with Crippen LogP contribution in [0.5, 0.6) is 0 Å². The first-order valence-corrected chi connectivity index (χ1v) is 10.2. The van der Waals surface area contributed by atoms with E-state index < -0.39 is 36.1 Å². The SMILES string of the molecule is Cc1c([N+](=O)[O-])cc(S(=O)(=O)Nc2ccc(N=Nc3ccccc3)cc2)cc1[N+](=O)[O-]. The highest BCUT2D eigenvalue weighted by Gasteiger charge is 2.28. The smallest absolute Gasteiger partial charge is 0.280 e. The number of nitro groups is 2. The van der Waals surface area contributed by atoms with Gasteiger partial charge < -0.3 is 0 Å². The normalized spacial score (nSPS) is 11.4. The molecule has 3 aromatic rings. The van der Waals surface area contributed by atoms with Crippen molar-refractivity contribution in [3.63, 3.8) is 0 Å². The average Bonchev–Trinajstić information content (AvgIpc) is 2.73. The van der Waals surface area contributed by atoms with E-state index in [1.807, 2.05) is 18.2 Å². The number of rotatable bonds is 7. The molecule has 0 aromatic heterocycles. The molecule has 0 atom stereocenters. The number of benzene rings is 3. The Morgan fingerprint density at radius 1 is 0.806 bits per heavy atom. The van der Waals surface area contributed by atoms with E-state index in [4.69, 9.17) is 0 Å². The lowest BCUT2D eigenvalue weighted by atomic mass is 10.1. The predicted octanol–water partition coefficient (Wildman–Crippen LogP) is 5.03. The molecule has 0 aliphatic rings. The quantitative estimate of drug-likeness (QED) is 0.308. The molecular weight excluding hydrogens is 426 g/mol. The van der Waals surface area contributed by atoms with Crippen LogP contribution < -0.4 is 4.72 Å². The number of anilines is 1. The third-order valence-electron chi connectivity index (χ3n) is 4.19. The maximum atomic E-state index is 12.7. The lowest BCUT2D eigenvalue weighted by Gasteiger charge is -2.09. The van der Waals surface area contributed by atoms with Gasteiger partial charge in [0.1, 0.15) is 10.5 Å². The molecule has 0 spiro atoms. The highest BCUT2D eigenvalue weighted by molar-refractivity contribution is 7.92. The molecule has 0 saturated heterocycles. The molecule has 0 radical (unpaired) electrons. The Balaban J connectivity index is 1.86. The van der Waals surface area contributed by atoms with Crippen LogP contribution in [0.4, 0.5) is 28.4 Å². The van der Waals surface area contributed by atoms with Gasteiger partial charge in [-0.1, -0.05) is 18.2 Å². The van der Waals surface area contributed by atoms with E-state index in [2.05, 4.69) is 15.0 Å². The standard InChI is InChI=1S/C19H15N5O6S/c1-13-18(23(25)26)11-17(12-19(13)24(27)28)31(29,30)22-16-9-7-15(8-10-16)21-20-14-5-3-2-4-6-14/h2-12,22H,1H3. The van der Waals surface area contributed by atoms with Crippen LogP contribution in [-0.4, -0.2) is 18.3 Å². The topological polar surface area (TPSA) is 157 Å². The van der Waals surface area contributed by atoms with E-state index in [1.165, 1.54) is 31.2 Å². The maximum absolute atomic E-state index is 12.7. The first kappa shape index (κ1) is 21.5. The van der Waals surface area contributed by atoms with E-state index in [0.29, 0.717) is 11.4 Å². The summed E-state index contributed by atoms with van der Waals surface area (Å²) >= 11 is 0. The van der Waals surface area contributed by atoms with Crippen LogP contribution in [0.1, 0.15) is 5.56 Å². The van der Waals surface area contributed by atoms with Crippen molar-refractivity contribution >= 4 is 38.5 Å². The van der Waals surface area contributed by atoms with Crippen LogP contribution in [0.15, 0.2) is 81.9 Å². The summed E-state index contributed by atoms with van der Waals surface area (Å²) in [5.41, 5.74) is -0.299. The summed E-state index contributed by atoms with van der Waals surface area (Å²) in [6, 6.07) is 16.5. The molecule has 3 rings (SSSR count). The van der Waals surface area contributed by atoms with Crippen molar-refractivity contribution in [2.24, 2.45) is 10.2 Å². The van der Waals surface area contributed by atoms with Crippen molar-refractivity contribution in [3.05, 3.63) is 92.5 Å². The highest BCUT2D eigenvalue weighted by atomic mass is 32.2. The van der Waals surface area contributed by atoms with Crippen LogP contribution in [0.25, 0.3) is 0 Å². The molecule has 0 aliphatic heterocycles. The molecule has 3 aromatic carbocycles. The van der Waals surface area contributed by atoms with Crippen LogP contribution in [0, 0.1) is 27.2 Å². The monoisotopic (exact) mass is 441 g/mol. The molecule has 0 amide bonds. The Kier molecular flexibility index (Phi) is 6.02. The second-order valence-corrected chi connectivity index (χ2v) is 7.97. The first-order valence-electron chi connectivity index (χ1n) is 8.70. The highest BCUT2D eigenvalue weighted by Crippen LogP contribution is 2.32. The number of nitro benzene ring substituents is 2. The minimum atomic E-state index is -4.32. The molecular formula is C19H15N5O6S. The fraction of sp³-hybridized carbons (Fsp3) is 0.0526. The summed E-state index contributed by atoms with van der Waals surface area (Å²) in [5.74, 6) is 0. The Morgan fingerprint density at radius 2 is 1.29 bits per heavy atom. The summed E-state index contributed by atoms with van der Waals surface area (Å²) < 4.78 is 27.6. The zero-order valence-corrected chi connectivity index (χ0v) is 16.8. The number of nitrogens with one attached hydrogen (secondary N) is 1. The molecule has 0 saturated carbocycles. The number of sulfonamides is 1. The third kappa shape index (κ3) is 5.05. The third-order valence-corrected chi connectivity index (χ3v) is 5.55. The second-order valence-electron chi connectivity index (χ2n) is 6.29. The zero-order chi connectivity index (χ0) is 22.6. The van der Waals surface area contributed by atoms with E-state index in [0.717, 1.165) is 12.1 Å². The fourth-order valence-electron chi connectivity index (χ4n) is 2.61. The molecule has 0 heterocycles. The van der Waals surface area contributed by atoms with Gasteiger partial charge in [-0.2, -0.15) is 10.2 Å². The molecule has 0 aliphatic carbocycles. The number of nitrogens with zero attached hydrogens (tertiary/aromatic N) is 4. The molecule has 1 N–H and O–H groups in total. The van der Waals surface area contributed by atoms with E-state index in [9.17, 15) is 28.6 Å². The van der Waals surface area contributed by atoms with E-state index in [-0.39, 0.29) is 11.3 Å². The molecule has 0 bridgehead atoms. The average molecular weight is 441 g/mol. The Labute approximate surface area is 176 Å². The van der Waals surface area contributed by atoms with Gasteiger partial charge in [-0.3, -0.25) is 25.0 Å². The summed E-state index contributed by atoms with van der Waals surface area (Å²) in [6.07, 6.45) is 0. The summed E-state index contributed by atoms with van der Waals surface area (Å²) in [7, 11) is -4.32. The largest absolute Gasteiger partial charge is 0.280 e. The fourth-order valence-corrected chi connectivity index (χ4v) is 3.71. The molecule has 0 fully saturated rings. The number of azo groups is 1. The molecule has 0 unspecified atom stereocenters. The number of hydrogen-bond donors (Lipinski definition) is 1. The number of hydrogen-bond acceptors (Lipinski definition) is 8. The van der Waals surface area contributed by atoms with Gasteiger partial charge in [0.15, 0.2) is 0 Å². The van der Waals surface area contributed by atoms with Crippen LogP contribution in [-0.2, 0) is 10.0 Å². The summed E-state index contributed by atoms with van der Waals surface area (Å²) in [6.45, 7) is 1.18. The first-order chi connectivity index (χ1) is 14.7. The van der Waals surface area contributed by atoms with Gasteiger partial charge in [-0.25, -0.2) is 8.42 Å². The van der Waals surface area contributed by atoms with Gasteiger partial charge in [0.2, 0.25) is 0 Å². The lowest BCUT2D eigenvalue weighted by Crippen LogP contribution is -2.14. The molecule has 158 valence electrons. The van der Waals surface area contributed by atoms with Gasteiger partial charge >= 0.3 is 0 Å².